The van der Waals surface area contributed by atoms with Crippen molar-refractivity contribution >= 4 is 5.82 Å². The van der Waals surface area contributed by atoms with Crippen molar-refractivity contribution in [2.45, 2.75) is 26.8 Å². The third-order valence-corrected chi connectivity index (χ3v) is 2.80. The average Bonchev–Trinajstić information content (AvgIpc) is 2.69. The quantitative estimate of drug-likeness (QED) is 0.895. The van der Waals surface area contributed by atoms with E-state index in [0.717, 1.165) is 17.1 Å². The van der Waals surface area contributed by atoms with Crippen LogP contribution in [0.3, 0.4) is 0 Å². The van der Waals surface area contributed by atoms with Gasteiger partial charge in [-0.3, -0.25) is 0 Å². The zero-order valence-electron chi connectivity index (χ0n) is 10.7. The number of rotatable bonds is 3. The number of hydrogen-bond donors (Lipinski definition) is 1. The number of pyridine rings is 1. The number of nitrogens with zero attached hydrogens (tertiary/aromatic N) is 2. The maximum Gasteiger partial charge on any atom is 0.127 e. The lowest BCUT2D eigenvalue weighted by Gasteiger charge is -2.13. The number of aryl methyl sites for hydroxylation is 2. The Balaban J connectivity index is 2.18. The molecule has 4 heteroatoms. The van der Waals surface area contributed by atoms with Crippen LogP contribution in [0.1, 0.15) is 35.6 Å². The molecule has 0 fully saturated rings. The average molecular weight is 241 g/mol. The van der Waals surface area contributed by atoms with Gasteiger partial charge in [0.15, 0.2) is 0 Å². The van der Waals surface area contributed by atoms with Crippen molar-refractivity contribution in [2.24, 2.45) is 0 Å². The first-order valence-corrected chi connectivity index (χ1v) is 5.80. The first kappa shape index (κ1) is 12.2. The molecule has 2 aromatic heterocycles. The van der Waals surface area contributed by atoms with Gasteiger partial charge in [0.1, 0.15) is 17.3 Å². The Morgan fingerprint density at radius 3 is 2.78 bits per heavy atom. The Kier molecular flexibility index (Phi) is 3.33. The summed E-state index contributed by atoms with van der Waals surface area (Å²) >= 11 is 0. The van der Waals surface area contributed by atoms with E-state index < -0.39 is 0 Å². The number of nitrogens with one attached hydrogen (secondary N) is 1. The minimum Gasteiger partial charge on any atom is -0.466 e. The van der Waals surface area contributed by atoms with Gasteiger partial charge in [0, 0.05) is 11.8 Å². The van der Waals surface area contributed by atoms with E-state index in [9.17, 15) is 0 Å². The van der Waals surface area contributed by atoms with Gasteiger partial charge in [-0.25, -0.2) is 4.98 Å². The monoisotopic (exact) mass is 241 g/mol. The predicted octanol–water partition coefficient (Wildman–Crippen LogP) is 3.34. The van der Waals surface area contributed by atoms with Crippen molar-refractivity contribution in [1.82, 2.24) is 4.98 Å². The second-order valence-corrected chi connectivity index (χ2v) is 4.28. The molecule has 4 nitrogen and oxygen atoms in total. The van der Waals surface area contributed by atoms with E-state index in [2.05, 4.69) is 16.4 Å². The van der Waals surface area contributed by atoms with Crippen LogP contribution in [0.5, 0.6) is 0 Å². The summed E-state index contributed by atoms with van der Waals surface area (Å²) in [4.78, 5) is 4.20. The number of aromatic nitrogens is 1. The van der Waals surface area contributed by atoms with Crippen LogP contribution in [-0.4, -0.2) is 4.98 Å². The van der Waals surface area contributed by atoms with Crippen molar-refractivity contribution in [1.29, 1.82) is 5.26 Å². The van der Waals surface area contributed by atoms with Gasteiger partial charge in [-0.2, -0.15) is 5.26 Å². The highest BCUT2D eigenvalue weighted by molar-refractivity contribution is 5.44. The molecule has 0 aliphatic carbocycles. The Morgan fingerprint density at radius 1 is 1.39 bits per heavy atom. The van der Waals surface area contributed by atoms with Gasteiger partial charge in [0.05, 0.1) is 17.7 Å². The summed E-state index contributed by atoms with van der Waals surface area (Å²) in [5, 5.41) is 12.1. The molecule has 1 N–H and O–H groups in total. The smallest absolute Gasteiger partial charge is 0.127 e. The number of anilines is 1. The molecule has 2 aromatic rings. The van der Waals surface area contributed by atoms with E-state index in [-0.39, 0.29) is 6.04 Å². The Bertz CT molecular complexity index is 595. The maximum absolute atomic E-state index is 8.84. The van der Waals surface area contributed by atoms with E-state index >= 15 is 0 Å². The largest absolute Gasteiger partial charge is 0.466 e. The second-order valence-electron chi connectivity index (χ2n) is 4.28. The molecule has 0 aliphatic rings. The molecule has 0 aliphatic heterocycles. The van der Waals surface area contributed by atoms with Gasteiger partial charge in [-0.15, -0.1) is 0 Å². The van der Waals surface area contributed by atoms with Gasteiger partial charge < -0.3 is 9.73 Å². The molecule has 18 heavy (non-hydrogen) atoms. The van der Waals surface area contributed by atoms with E-state index in [4.69, 9.17) is 9.68 Å². The summed E-state index contributed by atoms with van der Waals surface area (Å²) in [6, 6.07) is 7.62. The van der Waals surface area contributed by atoms with Crippen LogP contribution in [0.15, 0.2) is 28.8 Å². The molecule has 0 aromatic carbocycles. The van der Waals surface area contributed by atoms with Crippen LogP contribution in [0.2, 0.25) is 0 Å². The molecular weight excluding hydrogens is 226 g/mol. The Morgan fingerprint density at radius 2 is 2.17 bits per heavy atom. The standard InChI is InChI=1S/C14H15N3O/c1-9-6-13(11(3)18-9)10(2)17-14-7-12(8-15)4-5-16-14/h4-7,10H,1-3H3,(H,16,17). The Labute approximate surface area is 106 Å². The van der Waals surface area contributed by atoms with Gasteiger partial charge in [-0.05, 0) is 39.0 Å². The van der Waals surface area contributed by atoms with Crippen molar-refractivity contribution in [3.05, 3.63) is 47.0 Å². The molecule has 0 spiro atoms. The van der Waals surface area contributed by atoms with Gasteiger partial charge >= 0.3 is 0 Å². The lowest BCUT2D eigenvalue weighted by molar-refractivity contribution is 0.500. The third kappa shape index (κ3) is 2.51. The highest BCUT2D eigenvalue weighted by Crippen LogP contribution is 2.24. The van der Waals surface area contributed by atoms with Crippen molar-refractivity contribution in [3.63, 3.8) is 0 Å². The summed E-state index contributed by atoms with van der Waals surface area (Å²) in [6.45, 7) is 5.91. The first-order valence-electron chi connectivity index (χ1n) is 5.80. The Hall–Kier alpha value is -2.28. The molecule has 1 atom stereocenters. The molecule has 0 bridgehead atoms. The van der Waals surface area contributed by atoms with E-state index in [1.807, 2.05) is 26.8 Å². The van der Waals surface area contributed by atoms with E-state index in [0.29, 0.717) is 11.4 Å². The lowest BCUT2D eigenvalue weighted by atomic mass is 10.1. The van der Waals surface area contributed by atoms with Gasteiger partial charge in [0.25, 0.3) is 0 Å². The molecule has 2 rings (SSSR count). The fourth-order valence-corrected chi connectivity index (χ4v) is 1.96. The third-order valence-electron chi connectivity index (χ3n) is 2.80. The first-order chi connectivity index (χ1) is 8.60. The summed E-state index contributed by atoms with van der Waals surface area (Å²) in [7, 11) is 0. The van der Waals surface area contributed by atoms with Crippen molar-refractivity contribution < 1.29 is 4.42 Å². The molecule has 92 valence electrons. The summed E-state index contributed by atoms with van der Waals surface area (Å²) in [5.74, 6) is 2.50. The molecule has 0 saturated carbocycles. The predicted molar refractivity (Wildman–Crippen MR) is 69.2 cm³/mol. The van der Waals surface area contributed by atoms with Crippen LogP contribution < -0.4 is 5.32 Å². The second kappa shape index (κ2) is 4.92. The molecule has 0 amide bonds. The summed E-state index contributed by atoms with van der Waals surface area (Å²) in [5.41, 5.74) is 1.71. The van der Waals surface area contributed by atoms with Crippen LogP contribution >= 0.6 is 0 Å². The zero-order chi connectivity index (χ0) is 13.1. The molecular formula is C14H15N3O. The lowest BCUT2D eigenvalue weighted by Crippen LogP contribution is -2.08. The van der Waals surface area contributed by atoms with Crippen molar-refractivity contribution in [3.8, 4) is 6.07 Å². The number of hydrogen-bond acceptors (Lipinski definition) is 4. The van der Waals surface area contributed by atoms with E-state index in [1.165, 1.54) is 0 Å². The maximum atomic E-state index is 8.84. The molecule has 0 saturated heterocycles. The SMILES string of the molecule is Cc1cc(C(C)Nc2cc(C#N)ccn2)c(C)o1. The van der Waals surface area contributed by atoms with Crippen LogP contribution in [-0.2, 0) is 0 Å². The van der Waals surface area contributed by atoms with Crippen LogP contribution in [0.25, 0.3) is 0 Å². The van der Waals surface area contributed by atoms with Crippen molar-refractivity contribution in [2.75, 3.05) is 5.32 Å². The van der Waals surface area contributed by atoms with E-state index in [1.54, 1.807) is 18.3 Å². The highest BCUT2D eigenvalue weighted by Gasteiger charge is 2.12. The fraction of sp³-hybridized carbons (Fsp3) is 0.286. The molecule has 1 unspecified atom stereocenters. The van der Waals surface area contributed by atoms with Gasteiger partial charge in [0.2, 0.25) is 0 Å². The minimum absolute atomic E-state index is 0.0869. The summed E-state index contributed by atoms with van der Waals surface area (Å²) < 4.78 is 5.51. The zero-order valence-corrected chi connectivity index (χ0v) is 10.7. The van der Waals surface area contributed by atoms with Gasteiger partial charge in [-0.1, -0.05) is 0 Å². The minimum atomic E-state index is 0.0869. The topological polar surface area (TPSA) is 61.9 Å². The number of nitriles is 1. The highest BCUT2D eigenvalue weighted by atomic mass is 16.3. The van der Waals surface area contributed by atoms with Crippen LogP contribution in [0, 0.1) is 25.2 Å². The van der Waals surface area contributed by atoms with Crippen LogP contribution in [0.4, 0.5) is 5.82 Å². The molecule has 2 heterocycles. The normalized spacial score (nSPS) is 11.9. The molecule has 0 radical (unpaired) electrons. The summed E-state index contributed by atoms with van der Waals surface area (Å²) in [6.07, 6.45) is 1.63. The number of furan rings is 1. The fourth-order valence-electron chi connectivity index (χ4n) is 1.96.